The number of hydrogen-bond donors (Lipinski definition) is 1. The Morgan fingerprint density at radius 2 is 1.94 bits per heavy atom. The molecule has 1 saturated heterocycles. The zero-order valence-corrected chi connectivity index (χ0v) is 18.1. The van der Waals surface area contributed by atoms with E-state index in [1.165, 1.54) is 6.07 Å². The minimum Gasteiger partial charge on any atom is -0.343 e. The van der Waals surface area contributed by atoms with Gasteiger partial charge in [-0.3, -0.25) is 14.7 Å². The summed E-state index contributed by atoms with van der Waals surface area (Å²) in [6.07, 6.45) is 3.55. The molecule has 4 nitrogen and oxygen atoms in total. The Morgan fingerprint density at radius 1 is 1.12 bits per heavy atom. The molecule has 1 fully saturated rings. The van der Waals surface area contributed by atoms with Gasteiger partial charge in [0.15, 0.2) is 11.6 Å². The number of benzene rings is 2. The summed E-state index contributed by atoms with van der Waals surface area (Å²) in [4.78, 5) is 19.7. The van der Waals surface area contributed by atoms with E-state index in [-0.39, 0.29) is 17.9 Å². The SMILES string of the molecule is Cc1ccccc1C(=O)N[C@H](c1ccccn1)[C@H]1CCCN(Cc2cccc(F)c2F)C1. The Bertz CT molecular complexity index is 1070. The highest BCUT2D eigenvalue weighted by atomic mass is 19.2. The number of nitrogens with zero attached hydrogens (tertiary/aromatic N) is 2. The van der Waals surface area contributed by atoms with Gasteiger partial charge < -0.3 is 5.32 Å². The number of aromatic nitrogens is 1. The lowest BCUT2D eigenvalue weighted by molar-refractivity contribution is 0.0873. The lowest BCUT2D eigenvalue weighted by atomic mass is 9.88. The van der Waals surface area contributed by atoms with Gasteiger partial charge in [-0.25, -0.2) is 8.78 Å². The van der Waals surface area contributed by atoms with Gasteiger partial charge in [0.1, 0.15) is 0 Å². The third kappa shape index (κ3) is 5.02. The van der Waals surface area contributed by atoms with Crippen molar-refractivity contribution in [3.8, 4) is 0 Å². The number of carbonyl (C=O) groups is 1. The first kappa shape index (κ1) is 22.1. The van der Waals surface area contributed by atoms with Crippen LogP contribution in [-0.4, -0.2) is 28.9 Å². The lowest BCUT2D eigenvalue weighted by Gasteiger charge is -2.37. The minimum absolute atomic E-state index is 0.100. The first-order valence-electron chi connectivity index (χ1n) is 11.0. The van der Waals surface area contributed by atoms with Crippen molar-refractivity contribution in [3.05, 3.63) is 101 Å². The molecule has 1 aliphatic heterocycles. The molecule has 1 N–H and O–H groups in total. The summed E-state index contributed by atoms with van der Waals surface area (Å²) in [7, 11) is 0. The van der Waals surface area contributed by atoms with Crippen LogP contribution in [0.2, 0.25) is 0 Å². The number of likely N-dealkylation sites (tertiary alicyclic amines) is 1. The van der Waals surface area contributed by atoms with Crippen LogP contribution in [0.5, 0.6) is 0 Å². The van der Waals surface area contributed by atoms with Gasteiger partial charge in [-0.05, 0) is 62.1 Å². The number of nitrogens with one attached hydrogen (secondary N) is 1. The van der Waals surface area contributed by atoms with Crippen LogP contribution < -0.4 is 5.32 Å². The van der Waals surface area contributed by atoms with Gasteiger partial charge in [0.05, 0.1) is 11.7 Å². The number of carbonyl (C=O) groups excluding carboxylic acids is 1. The number of aryl methyl sites for hydroxylation is 1. The number of piperidine rings is 1. The maximum Gasteiger partial charge on any atom is 0.252 e. The third-order valence-electron chi connectivity index (χ3n) is 6.12. The van der Waals surface area contributed by atoms with Crippen molar-refractivity contribution in [2.75, 3.05) is 13.1 Å². The summed E-state index contributed by atoms with van der Waals surface area (Å²) in [5.41, 5.74) is 2.71. The van der Waals surface area contributed by atoms with Gasteiger partial charge in [-0.15, -0.1) is 0 Å². The second-order valence-corrected chi connectivity index (χ2v) is 8.37. The number of halogens is 2. The van der Waals surface area contributed by atoms with Crippen LogP contribution in [-0.2, 0) is 6.54 Å². The van der Waals surface area contributed by atoms with Crippen molar-refractivity contribution in [1.82, 2.24) is 15.2 Å². The predicted octanol–water partition coefficient (Wildman–Crippen LogP) is 5.05. The average molecular weight is 436 g/mol. The largest absolute Gasteiger partial charge is 0.343 e. The van der Waals surface area contributed by atoms with Crippen molar-refractivity contribution in [2.45, 2.75) is 32.4 Å². The summed E-state index contributed by atoms with van der Waals surface area (Å²) in [6, 6.07) is 17.2. The van der Waals surface area contributed by atoms with E-state index in [0.717, 1.165) is 36.7 Å². The first-order chi connectivity index (χ1) is 15.5. The van der Waals surface area contributed by atoms with Gasteiger partial charge >= 0.3 is 0 Å². The summed E-state index contributed by atoms with van der Waals surface area (Å²) < 4.78 is 27.9. The van der Waals surface area contributed by atoms with Crippen LogP contribution in [0, 0.1) is 24.5 Å². The summed E-state index contributed by atoms with van der Waals surface area (Å²) >= 11 is 0. The molecule has 32 heavy (non-hydrogen) atoms. The topological polar surface area (TPSA) is 45.2 Å². The molecule has 0 saturated carbocycles. The van der Waals surface area contributed by atoms with Crippen molar-refractivity contribution >= 4 is 5.91 Å². The molecule has 166 valence electrons. The van der Waals surface area contributed by atoms with Gasteiger partial charge in [0.2, 0.25) is 0 Å². The van der Waals surface area contributed by atoms with Crippen molar-refractivity contribution in [2.24, 2.45) is 5.92 Å². The van der Waals surface area contributed by atoms with Gasteiger partial charge in [-0.1, -0.05) is 36.4 Å². The lowest BCUT2D eigenvalue weighted by Crippen LogP contribution is -2.43. The molecule has 4 rings (SSSR count). The fourth-order valence-corrected chi connectivity index (χ4v) is 4.46. The molecular weight excluding hydrogens is 408 g/mol. The number of amides is 1. The average Bonchev–Trinajstić information content (AvgIpc) is 2.81. The molecule has 0 spiro atoms. The molecule has 0 radical (unpaired) electrons. The van der Waals surface area contributed by atoms with E-state index in [0.29, 0.717) is 24.2 Å². The predicted molar refractivity (Wildman–Crippen MR) is 120 cm³/mol. The van der Waals surface area contributed by atoms with Gasteiger partial charge in [-0.2, -0.15) is 0 Å². The van der Waals surface area contributed by atoms with E-state index in [9.17, 15) is 13.6 Å². The molecule has 2 aromatic carbocycles. The fourth-order valence-electron chi connectivity index (χ4n) is 4.46. The number of hydrogen-bond acceptors (Lipinski definition) is 3. The number of rotatable bonds is 6. The highest BCUT2D eigenvalue weighted by Crippen LogP contribution is 2.30. The van der Waals surface area contributed by atoms with E-state index in [1.54, 1.807) is 12.3 Å². The van der Waals surface area contributed by atoms with Crippen LogP contribution in [0.4, 0.5) is 8.78 Å². The zero-order chi connectivity index (χ0) is 22.5. The molecule has 0 unspecified atom stereocenters. The molecule has 0 bridgehead atoms. The van der Waals surface area contributed by atoms with Crippen molar-refractivity contribution in [3.63, 3.8) is 0 Å². The van der Waals surface area contributed by atoms with Crippen LogP contribution in [0.1, 0.15) is 46.1 Å². The second-order valence-electron chi connectivity index (χ2n) is 8.37. The Kier molecular flexibility index (Phi) is 6.90. The smallest absolute Gasteiger partial charge is 0.252 e. The first-order valence-corrected chi connectivity index (χ1v) is 11.0. The van der Waals surface area contributed by atoms with Crippen LogP contribution in [0.25, 0.3) is 0 Å². The monoisotopic (exact) mass is 435 g/mol. The van der Waals surface area contributed by atoms with E-state index < -0.39 is 11.6 Å². The fraction of sp³-hybridized carbons (Fsp3) is 0.308. The molecule has 2 heterocycles. The standard InChI is InChI=1S/C26H27F2N3O/c1-18-8-2-3-11-21(18)26(32)30-25(23-13-4-5-14-29-23)20-10-7-15-31(17-20)16-19-9-6-12-22(27)24(19)28/h2-6,8-9,11-14,20,25H,7,10,15-17H2,1H3,(H,30,32)/t20-,25-/m0/s1. The zero-order valence-electron chi connectivity index (χ0n) is 18.1. The Balaban J connectivity index is 1.55. The highest BCUT2D eigenvalue weighted by Gasteiger charge is 2.31. The van der Waals surface area contributed by atoms with Crippen LogP contribution in [0.15, 0.2) is 66.9 Å². The number of pyridine rings is 1. The molecule has 1 amide bonds. The van der Waals surface area contributed by atoms with Crippen molar-refractivity contribution < 1.29 is 13.6 Å². The Labute approximate surface area is 187 Å². The molecule has 6 heteroatoms. The van der Waals surface area contributed by atoms with Crippen LogP contribution in [0.3, 0.4) is 0 Å². The Hall–Kier alpha value is -3.12. The maximum absolute atomic E-state index is 14.2. The third-order valence-corrected chi connectivity index (χ3v) is 6.12. The normalized spacial score (nSPS) is 17.7. The molecule has 3 aromatic rings. The van der Waals surface area contributed by atoms with Crippen LogP contribution >= 0.6 is 0 Å². The highest BCUT2D eigenvalue weighted by molar-refractivity contribution is 5.95. The maximum atomic E-state index is 14.2. The molecule has 1 aliphatic rings. The Morgan fingerprint density at radius 3 is 2.72 bits per heavy atom. The molecule has 2 atom stereocenters. The van der Waals surface area contributed by atoms with Gasteiger partial charge in [0, 0.05) is 30.4 Å². The quantitative estimate of drug-likeness (QED) is 0.589. The van der Waals surface area contributed by atoms with E-state index in [1.807, 2.05) is 49.4 Å². The van der Waals surface area contributed by atoms with Crippen molar-refractivity contribution in [1.29, 1.82) is 0 Å². The minimum atomic E-state index is -0.826. The summed E-state index contributed by atoms with van der Waals surface area (Å²) in [6.45, 7) is 3.71. The molecule has 0 aliphatic carbocycles. The van der Waals surface area contributed by atoms with E-state index in [2.05, 4.69) is 15.2 Å². The van der Waals surface area contributed by atoms with Gasteiger partial charge in [0.25, 0.3) is 5.91 Å². The molecular formula is C26H27F2N3O. The van der Waals surface area contributed by atoms with E-state index in [4.69, 9.17) is 0 Å². The summed E-state index contributed by atoms with van der Waals surface area (Å²) in [5, 5.41) is 3.20. The second kappa shape index (κ2) is 10.0. The molecule has 1 aromatic heterocycles. The van der Waals surface area contributed by atoms with E-state index >= 15 is 0 Å². The summed E-state index contributed by atoms with van der Waals surface area (Å²) in [5.74, 6) is -1.65.